The van der Waals surface area contributed by atoms with Crippen molar-refractivity contribution in [3.8, 4) is 0 Å². The Labute approximate surface area is 220 Å². The fourth-order valence-electron chi connectivity index (χ4n) is 3.69. The summed E-state index contributed by atoms with van der Waals surface area (Å²) in [7, 11) is 0. The molecule has 9 heteroatoms. The Kier molecular flexibility index (Phi) is 8.50. The maximum Gasteiger partial charge on any atom is 0.273 e. The molecule has 0 saturated carbocycles. The number of nitrogens with two attached hydrogens (primary N) is 1. The number of rotatable bonds is 10. The lowest BCUT2D eigenvalue weighted by Crippen LogP contribution is -2.33. The standard InChI is InChI=1S/C28H29N7OS/c1-18-7-3-4-12-24(18)32-19(2)26(16-20-8-5-9-21(15-20)27(29)30)35-37-23-11-6-10-22(17-23)33-28(36)25-13-14-31-34-25/h3-15,17,26,35H,16H2,1-2H3,(H3,29,30)(H,31,34)(H,33,36). The van der Waals surface area contributed by atoms with Gasteiger partial charge >= 0.3 is 0 Å². The van der Waals surface area contributed by atoms with Crippen LogP contribution in [0.4, 0.5) is 11.4 Å². The van der Waals surface area contributed by atoms with Crippen molar-refractivity contribution in [1.82, 2.24) is 14.9 Å². The maximum absolute atomic E-state index is 12.4. The van der Waals surface area contributed by atoms with Gasteiger partial charge in [-0.1, -0.05) is 42.5 Å². The first-order valence-corrected chi connectivity index (χ1v) is 12.6. The highest BCUT2D eigenvalue weighted by atomic mass is 32.2. The summed E-state index contributed by atoms with van der Waals surface area (Å²) >= 11 is 1.47. The number of para-hydroxylation sites is 1. The third kappa shape index (κ3) is 7.16. The summed E-state index contributed by atoms with van der Waals surface area (Å²) in [4.78, 5) is 18.2. The molecule has 0 fully saturated rings. The highest BCUT2D eigenvalue weighted by Gasteiger charge is 2.16. The highest BCUT2D eigenvalue weighted by Crippen LogP contribution is 2.23. The number of carbonyl (C=O) groups excluding carboxylic acids is 1. The van der Waals surface area contributed by atoms with Crippen LogP contribution in [-0.2, 0) is 6.42 Å². The van der Waals surface area contributed by atoms with E-state index in [1.54, 1.807) is 6.07 Å². The van der Waals surface area contributed by atoms with Gasteiger partial charge in [-0.2, -0.15) is 5.10 Å². The van der Waals surface area contributed by atoms with Crippen molar-refractivity contribution in [2.75, 3.05) is 5.32 Å². The van der Waals surface area contributed by atoms with Crippen molar-refractivity contribution < 1.29 is 4.79 Å². The number of benzene rings is 3. The lowest BCUT2D eigenvalue weighted by molar-refractivity contribution is 0.102. The largest absolute Gasteiger partial charge is 0.384 e. The van der Waals surface area contributed by atoms with Crippen LogP contribution in [0.25, 0.3) is 0 Å². The number of nitrogens with one attached hydrogen (secondary N) is 4. The Balaban J connectivity index is 1.53. The predicted octanol–water partition coefficient (Wildman–Crippen LogP) is 5.26. The van der Waals surface area contributed by atoms with E-state index < -0.39 is 0 Å². The van der Waals surface area contributed by atoms with E-state index in [0.29, 0.717) is 23.4 Å². The predicted molar refractivity (Wildman–Crippen MR) is 151 cm³/mol. The maximum atomic E-state index is 12.4. The van der Waals surface area contributed by atoms with E-state index in [1.807, 2.05) is 86.6 Å². The Morgan fingerprint density at radius 3 is 2.68 bits per heavy atom. The number of H-pyrrole nitrogens is 1. The first-order chi connectivity index (χ1) is 17.9. The molecule has 6 N–H and O–H groups in total. The van der Waals surface area contributed by atoms with E-state index in [9.17, 15) is 4.79 Å². The number of nitrogens with zero attached hydrogens (tertiary/aromatic N) is 2. The molecule has 1 aromatic heterocycles. The minimum Gasteiger partial charge on any atom is -0.384 e. The van der Waals surface area contributed by atoms with Crippen LogP contribution >= 0.6 is 11.9 Å². The average Bonchev–Trinajstić information content (AvgIpc) is 3.44. The second kappa shape index (κ2) is 12.2. The number of aliphatic imine (C=N–C) groups is 1. The molecule has 1 atom stereocenters. The molecule has 3 aromatic carbocycles. The van der Waals surface area contributed by atoms with Crippen molar-refractivity contribution in [3.05, 3.63) is 107 Å². The van der Waals surface area contributed by atoms with Gasteiger partial charge in [0.25, 0.3) is 5.91 Å². The first kappa shape index (κ1) is 25.9. The summed E-state index contributed by atoms with van der Waals surface area (Å²) in [6.45, 7) is 4.06. The van der Waals surface area contributed by atoms with Crippen molar-refractivity contribution in [2.45, 2.75) is 31.2 Å². The van der Waals surface area contributed by atoms with Crippen molar-refractivity contribution in [3.63, 3.8) is 0 Å². The van der Waals surface area contributed by atoms with Crippen molar-refractivity contribution in [1.29, 1.82) is 5.41 Å². The van der Waals surface area contributed by atoms with E-state index in [1.165, 1.54) is 18.1 Å². The second-order valence-corrected chi connectivity index (χ2v) is 9.49. The van der Waals surface area contributed by atoms with Crippen LogP contribution in [0, 0.1) is 12.3 Å². The van der Waals surface area contributed by atoms with Crippen LogP contribution in [0.3, 0.4) is 0 Å². The van der Waals surface area contributed by atoms with Gasteiger partial charge in [-0.25, -0.2) is 0 Å². The number of aromatic nitrogens is 2. The van der Waals surface area contributed by atoms with Crippen LogP contribution in [0.2, 0.25) is 0 Å². The number of aryl methyl sites for hydroxylation is 1. The molecule has 188 valence electrons. The molecule has 0 spiro atoms. The van der Waals surface area contributed by atoms with E-state index in [-0.39, 0.29) is 17.8 Å². The summed E-state index contributed by atoms with van der Waals surface area (Å²) in [6.07, 6.45) is 2.20. The molecule has 0 bridgehead atoms. The van der Waals surface area contributed by atoms with E-state index in [2.05, 4.69) is 20.2 Å². The van der Waals surface area contributed by atoms with Gasteiger partial charge in [-0.05, 0) is 79.7 Å². The smallest absolute Gasteiger partial charge is 0.273 e. The number of hydrogen-bond donors (Lipinski definition) is 5. The van der Waals surface area contributed by atoms with Crippen LogP contribution < -0.4 is 15.8 Å². The Hall–Kier alpha value is -4.21. The van der Waals surface area contributed by atoms with E-state index >= 15 is 0 Å². The zero-order valence-electron chi connectivity index (χ0n) is 20.7. The van der Waals surface area contributed by atoms with E-state index in [4.69, 9.17) is 16.1 Å². The minimum atomic E-state index is -0.253. The Morgan fingerprint density at radius 2 is 1.92 bits per heavy atom. The summed E-state index contributed by atoms with van der Waals surface area (Å²) < 4.78 is 3.55. The molecule has 4 rings (SSSR count). The Bertz CT molecular complexity index is 1420. The third-order valence-electron chi connectivity index (χ3n) is 5.75. The number of amidine groups is 1. The molecule has 4 aromatic rings. The molecule has 0 aliphatic heterocycles. The van der Waals surface area contributed by atoms with Gasteiger partial charge in [0.2, 0.25) is 0 Å². The summed E-state index contributed by atoms with van der Waals surface area (Å²) in [5, 5.41) is 17.2. The number of nitrogen functional groups attached to an aromatic ring is 1. The average molecular weight is 512 g/mol. The number of anilines is 1. The number of hydrogen-bond acceptors (Lipinski definition) is 6. The molecule has 0 aliphatic carbocycles. The van der Waals surface area contributed by atoms with Crippen molar-refractivity contribution >= 4 is 40.8 Å². The molecule has 8 nitrogen and oxygen atoms in total. The van der Waals surface area contributed by atoms with E-state index in [0.717, 1.165) is 27.4 Å². The number of carbonyl (C=O) groups is 1. The quantitative estimate of drug-likeness (QED) is 0.113. The summed E-state index contributed by atoms with van der Waals surface area (Å²) in [6, 6.07) is 24.9. The van der Waals surface area contributed by atoms with Gasteiger partial charge in [-0.3, -0.25) is 25.0 Å². The molecule has 37 heavy (non-hydrogen) atoms. The zero-order chi connectivity index (χ0) is 26.2. The highest BCUT2D eigenvalue weighted by molar-refractivity contribution is 7.97. The molecule has 0 saturated heterocycles. The van der Waals surface area contributed by atoms with Crippen molar-refractivity contribution in [2.24, 2.45) is 10.7 Å². The van der Waals surface area contributed by atoms with Gasteiger partial charge < -0.3 is 11.1 Å². The first-order valence-electron chi connectivity index (χ1n) is 11.8. The van der Waals surface area contributed by atoms with Crippen LogP contribution in [-0.4, -0.2) is 33.7 Å². The molecule has 0 radical (unpaired) electrons. The molecular weight excluding hydrogens is 482 g/mol. The number of aromatic amines is 1. The second-order valence-electron chi connectivity index (χ2n) is 8.58. The lowest BCUT2D eigenvalue weighted by atomic mass is 10.0. The topological polar surface area (TPSA) is 132 Å². The molecule has 1 heterocycles. The monoisotopic (exact) mass is 511 g/mol. The normalized spacial score (nSPS) is 12.2. The zero-order valence-corrected chi connectivity index (χ0v) is 21.5. The van der Waals surface area contributed by atoms with Crippen LogP contribution in [0.5, 0.6) is 0 Å². The summed E-state index contributed by atoms with van der Waals surface area (Å²) in [5.74, 6) is -0.211. The molecular formula is C28H29N7OS. The molecule has 1 amide bonds. The van der Waals surface area contributed by atoms with Crippen LogP contribution in [0.1, 0.15) is 34.1 Å². The molecule has 0 aliphatic rings. The van der Waals surface area contributed by atoms with Gasteiger partial charge in [-0.15, -0.1) is 0 Å². The van der Waals surface area contributed by atoms with Gasteiger partial charge in [0.05, 0.1) is 11.7 Å². The third-order valence-corrected chi connectivity index (χ3v) is 6.64. The summed E-state index contributed by atoms with van der Waals surface area (Å²) in [5.41, 5.74) is 11.5. The van der Waals surface area contributed by atoms with Gasteiger partial charge in [0.1, 0.15) is 11.5 Å². The fourth-order valence-corrected chi connectivity index (χ4v) is 4.55. The minimum absolute atomic E-state index is 0.0417. The molecule has 1 unspecified atom stereocenters. The number of amides is 1. The van der Waals surface area contributed by atoms with Gasteiger partial charge in [0.15, 0.2) is 0 Å². The van der Waals surface area contributed by atoms with Gasteiger partial charge in [0, 0.05) is 28.1 Å². The fraction of sp³-hybridized carbons (Fsp3) is 0.143. The Morgan fingerprint density at radius 1 is 1.11 bits per heavy atom. The lowest BCUT2D eigenvalue weighted by Gasteiger charge is -2.19. The SMILES string of the molecule is CC(=Nc1ccccc1C)C(Cc1cccc(C(=N)N)c1)NSc1cccc(NC(=O)c2ccn[nH]2)c1. The van der Waals surface area contributed by atoms with Crippen LogP contribution in [0.15, 0.2) is 94.9 Å².